The van der Waals surface area contributed by atoms with E-state index in [2.05, 4.69) is 10.6 Å². The highest BCUT2D eigenvalue weighted by atomic mass is 32.1. The molecule has 0 radical (unpaired) electrons. The van der Waals surface area contributed by atoms with Crippen molar-refractivity contribution in [1.29, 1.82) is 0 Å². The second kappa shape index (κ2) is 6.77. The Labute approximate surface area is 129 Å². The molecule has 2 N–H and O–H groups in total. The first-order chi connectivity index (χ1) is 10.3. The lowest BCUT2D eigenvalue weighted by molar-refractivity contribution is -0.186. The molecule has 1 aromatic rings. The Kier molecular flexibility index (Phi) is 4.77. The highest BCUT2D eigenvalue weighted by molar-refractivity contribution is 7.09. The first-order valence-electron chi connectivity index (χ1n) is 7.62. The monoisotopic (exact) mass is 310 g/mol. The van der Waals surface area contributed by atoms with Crippen LogP contribution in [-0.2, 0) is 16.0 Å². The number of thiophene rings is 1. The van der Waals surface area contributed by atoms with Gasteiger partial charge in [0.25, 0.3) is 0 Å². The fourth-order valence-corrected chi connectivity index (χ4v) is 3.56. The molecule has 1 aliphatic carbocycles. The van der Waals surface area contributed by atoms with Crippen LogP contribution >= 0.6 is 11.3 Å². The van der Waals surface area contributed by atoms with Crippen LogP contribution in [0, 0.1) is 0 Å². The highest BCUT2D eigenvalue weighted by Gasteiger charge is 2.42. The van der Waals surface area contributed by atoms with E-state index in [0.29, 0.717) is 19.7 Å². The Morgan fingerprint density at radius 2 is 2.19 bits per heavy atom. The highest BCUT2D eigenvalue weighted by Crippen LogP contribution is 2.37. The molecule has 2 heterocycles. The van der Waals surface area contributed by atoms with Gasteiger partial charge in [0.15, 0.2) is 5.79 Å². The van der Waals surface area contributed by atoms with E-state index in [9.17, 15) is 4.79 Å². The summed E-state index contributed by atoms with van der Waals surface area (Å²) in [4.78, 5) is 12.9. The Hall–Kier alpha value is -1.11. The van der Waals surface area contributed by atoms with Gasteiger partial charge < -0.3 is 20.1 Å². The third kappa shape index (κ3) is 3.96. The summed E-state index contributed by atoms with van der Waals surface area (Å²) < 4.78 is 11.9. The Bertz CT molecular complexity index is 457. The average Bonchev–Trinajstić information content (AvgIpc) is 3.14. The lowest BCUT2D eigenvalue weighted by Gasteiger charge is -2.31. The smallest absolute Gasteiger partial charge is 0.315 e. The van der Waals surface area contributed by atoms with E-state index in [4.69, 9.17) is 9.47 Å². The van der Waals surface area contributed by atoms with Crippen molar-refractivity contribution in [3.63, 3.8) is 0 Å². The summed E-state index contributed by atoms with van der Waals surface area (Å²) in [5, 5.41) is 7.70. The van der Waals surface area contributed by atoms with Gasteiger partial charge in [-0.2, -0.15) is 0 Å². The van der Waals surface area contributed by atoms with E-state index in [0.717, 1.165) is 17.7 Å². The molecule has 1 atom stereocenters. The molecule has 21 heavy (non-hydrogen) atoms. The van der Waals surface area contributed by atoms with Gasteiger partial charge in [0.2, 0.25) is 0 Å². The molecule has 1 aromatic heterocycles. The van der Waals surface area contributed by atoms with Crippen molar-refractivity contribution in [3.05, 3.63) is 22.4 Å². The van der Waals surface area contributed by atoms with Crippen LogP contribution in [0.25, 0.3) is 0 Å². The number of amides is 2. The van der Waals surface area contributed by atoms with E-state index >= 15 is 0 Å². The summed E-state index contributed by atoms with van der Waals surface area (Å²) in [6.45, 7) is 1.64. The van der Waals surface area contributed by atoms with Crippen LogP contribution in [-0.4, -0.2) is 31.1 Å². The molecule has 2 amide bonds. The normalized spacial score (nSPS) is 24.1. The molecule has 3 rings (SSSR count). The number of rotatable bonds is 4. The summed E-state index contributed by atoms with van der Waals surface area (Å²) in [5.74, 6) is -0.363. The van der Waals surface area contributed by atoms with Crippen molar-refractivity contribution in [3.8, 4) is 0 Å². The largest absolute Gasteiger partial charge is 0.347 e. The van der Waals surface area contributed by atoms with Crippen molar-refractivity contribution in [2.24, 2.45) is 0 Å². The Morgan fingerprint density at radius 3 is 2.95 bits per heavy atom. The summed E-state index contributed by atoms with van der Waals surface area (Å²) in [7, 11) is 0. The van der Waals surface area contributed by atoms with Crippen LogP contribution in [0.15, 0.2) is 17.5 Å². The van der Waals surface area contributed by atoms with E-state index in [1.54, 1.807) is 11.3 Å². The molecular formula is C15H22N2O3S. The summed E-state index contributed by atoms with van der Waals surface area (Å²) >= 11 is 1.64. The summed E-state index contributed by atoms with van der Waals surface area (Å²) in [6, 6.07) is 3.83. The van der Waals surface area contributed by atoms with Gasteiger partial charge in [-0.25, -0.2) is 4.79 Å². The van der Waals surface area contributed by atoms with E-state index in [-0.39, 0.29) is 17.9 Å². The van der Waals surface area contributed by atoms with Crippen molar-refractivity contribution < 1.29 is 14.3 Å². The Balaban J connectivity index is 1.36. The number of ether oxygens (including phenoxy) is 2. The second-order valence-electron chi connectivity index (χ2n) is 5.67. The molecule has 1 spiro atoms. The zero-order valence-corrected chi connectivity index (χ0v) is 12.9. The molecule has 0 aromatic carbocycles. The summed E-state index contributed by atoms with van der Waals surface area (Å²) in [5.41, 5.74) is 0. The van der Waals surface area contributed by atoms with Crippen LogP contribution in [0.3, 0.4) is 0 Å². The van der Waals surface area contributed by atoms with Gasteiger partial charge in [0.1, 0.15) is 6.10 Å². The number of carbonyl (C=O) groups excluding carboxylic acids is 1. The van der Waals surface area contributed by atoms with Crippen LogP contribution in [0.1, 0.15) is 37.0 Å². The molecule has 5 nitrogen and oxygen atoms in total. The third-order valence-corrected chi connectivity index (χ3v) is 4.90. The van der Waals surface area contributed by atoms with E-state index in [1.807, 2.05) is 17.5 Å². The number of hydrogen-bond donors (Lipinski definition) is 2. The maximum atomic E-state index is 11.7. The molecule has 1 saturated heterocycles. The first-order valence-corrected chi connectivity index (χ1v) is 8.50. The number of carbonyl (C=O) groups is 1. The molecular weight excluding hydrogens is 288 g/mol. The summed E-state index contributed by atoms with van der Waals surface area (Å²) in [6.07, 6.45) is 5.53. The second-order valence-corrected chi connectivity index (χ2v) is 6.70. The van der Waals surface area contributed by atoms with Gasteiger partial charge in [0, 0.05) is 24.3 Å². The van der Waals surface area contributed by atoms with Crippen molar-refractivity contribution in [1.82, 2.24) is 10.6 Å². The van der Waals surface area contributed by atoms with Crippen molar-refractivity contribution in [2.45, 2.75) is 50.5 Å². The minimum Gasteiger partial charge on any atom is -0.347 e. The maximum Gasteiger partial charge on any atom is 0.315 e. The fraction of sp³-hybridized carbons (Fsp3) is 0.667. The lowest BCUT2D eigenvalue weighted by atomic mass is 9.94. The lowest BCUT2D eigenvalue weighted by Crippen LogP contribution is -2.41. The van der Waals surface area contributed by atoms with Crippen LogP contribution in [0.2, 0.25) is 0 Å². The molecule has 0 unspecified atom stereocenters. The van der Waals surface area contributed by atoms with Gasteiger partial charge in [-0.3, -0.25) is 0 Å². The number of hydrogen-bond acceptors (Lipinski definition) is 4. The van der Waals surface area contributed by atoms with Gasteiger partial charge in [-0.1, -0.05) is 12.5 Å². The van der Waals surface area contributed by atoms with E-state index in [1.165, 1.54) is 19.3 Å². The number of urea groups is 1. The van der Waals surface area contributed by atoms with Gasteiger partial charge in [0.05, 0.1) is 13.2 Å². The van der Waals surface area contributed by atoms with Crippen molar-refractivity contribution >= 4 is 17.4 Å². The topological polar surface area (TPSA) is 59.6 Å². The molecule has 2 fully saturated rings. The minimum atomic E-state index is -0.363. The van der Waals surface area contributed by atoms with Crippen LogP contribution in [0.5, 0.6) is 0 Å². The zero-order chi connectivity index (χ0) is 14.5. The minimum absolute atomic E-state index is 0.0319. The molecule has 1 aliphatic heterocycles. The van der Waals surface area contributed by atoms with Crippen molar-refractivity contribution in [2.75, 3.05) is 13.2 Å². The molecule has 6 heteroatoms. The van der Waals surface area contributed by atoms with Gasteiger partial charge in [-0.05, 0) is 24.3 Å². The molecule has 1 saturated carbocycles. The quantitative estimate of drug-likeness (QED) is 0.899. The molecule has 2 aliphatic rings. The fourth-order valence-electron chi connectivity index (χ4n) is 2.92. The van der Waals surface area contributed by atoms with Gasteiger partial charge in [-0.15, -0.1) is 11.3 Å². The first kappa shape index (κ1) is 14.8. The molecule has 0 bridgehead atoms. The SMILES string of the molecule is O=C(NCc1cccs1)NC[C@H]1COC2(CCCCC2)O1. The van der Waals surface area contributed by atoms with E-state index < -0.39 is 0 Å². The Morgan fingerprint density at radius 1 is 1.33 bits per heavy atom. The average molecular weight is 310 g/mol. The molecule has 116 valence electrons. The zero-order valence-electron chi connectivity index (χ0n) is 12.1. The third-order valence-electron chi connectivity index (χ3n) is 4.02. The van der Waals surface area contributed by atoms with Gasteiger partial charge >= 0.3 is 6.03 Å². The van der Waals surface area contributed by atoms with Crippen LogP contribution < -0.4 is 10.6 Å². The predicted octanol–water partition coefficient (Wildman–Crippen LogP) is 2.62. The maximum absolute atomic E-state index is 11.7. The standard InChI is InChI=1S/C15H22N2O3S/c18-14(17-10-13-5-4-8-21-13)16-9-12-11-19-15(20-12)6-2-1-3-7-15/h4-5,8,12H,1-3,6-7,9-11H2,(H2,16,17,18)/t12-/m0/s1. The van der Waals surface area contributed by atoms with Crippen LogP contribution in [0.4, 0.5) is 4.79 Å². The predicted molar refractivity (Wildman–Crippen MR) is 81.2 cm³/mol. The number of nitrogens with one attached hydrogen (secondary N) is 2.